The third-order valence-corrected chi connectivity index (χ3v) is 4.26. The van der Waals surface area contributed by atoms with Crippen molar-refractivity contribution in [1.82, 2.24) is 10.2 Å². The van der Waals surface area contributed by atoms with E-state index in [1.807, 2.05) is 4.90 Å². The first-order chi connectivity index (χ1) is 10.7. The quantitative estimate of drug-likeness (QED) is 0.927. The van der Waals surface area contributed by atoms with E-state index in [-0.39, 0.29) is 18.0 Å². The fourth-order valence-electron chi connectivity index (χ4n) is 2.94. The van der Waals surface area contributed by atoms with E-state index in [2.05, 4.69) is 10.2 Å². The molecule has 120 valence electrons. The van der Waals surface area contributed by atoms with Gasteiger partial charge in [0.15, 0.2) is 0 Å². The monoisotopic (exact) mass is 307 g/mol. The number of hydrogen-bond acceptors (Lipinski definition) is 3. The predicted octanol–water partition coefficient (Wildman–Crippen LogP) is 1.84. The van der Waals surface area contributed by atoms with Crippen molar-refractivity contribution in [3.05, 3.63) is 30.1 Å². The molecule has 1 aromatic carbocycles. The highest BCUT2D eigenvalue weighted by Crippen LogP contribution is 2.17. The number of carbonyl (C=O) groups excluding carboxylic acids is 1. The Hall–Kier alpha value is -1.82. The maximum absolute atomic E-state index is 12.9. The van der Waals surface area contributed by atoms with Gasteiger partial charge in [-0.1, -0.05) is 0 Å². The van der Waals surface area contributed by atoms with Gasteiger partial charge in [-0.05, 0) is 37.1 Å². The molecule has 1 unspecified atom stereocenters. The van der Waals surface area contributed by atoms with Gasteiger partial charge in [-0.3, -0.25) is 0 Å². The molecule has 0 bridgehead atoms. The van der Waals surface area contributed by atoms with E-state index in [0.29, 0.717) is 19.6 Å². The molecule has 1 aromatic rings. The summed E-state index contributed by atoms with van der Waals surface area (Å²) >= 11 is 0. The van der Waals surface area contributed by atoms with Gasteiger partial charge in [0.1, 0.15) is 5.82 Å². The summed E-state index contributed by atoms with van der Waals surface area (Å²) in [5, 5.41) is 2.95. The maximum atomic E-state index is 12.9. The number of nitrogens with one attached hydrogen (secondary N) is 1. The van der Waals surface area contributed by atoms with E-state index < -0.39 is 0 Å². The molecule has 0 aromatic heterocycles. The second-order valence-corrected chi connectivity index (χ2v) is 5.77. The van der Waals surface area contributed by atoms with Crippen LogP contribution in [0.1, 0.15) is 12.8 Å². The van der Waals surface area contributed by atoms with Crippen LogP contribution < -0.4 is 10.2 Å². The Morgan fingerprint density at radius 2 is 1.95 bits per heavy atom. The van der Waals surface area contributed by atoms with Crippen LogP contribution in [0.4, 0.5) is 14.9 Å². The molecule has 2 amide bonds. The smallest absolute Gasteiger partial charge is 0.317 e. The number of nitrogens with zero attached hydrogens (tertiary/aromatic N) is 2. The van der Waals surface area contributed by atoms with Crippen LogP contribution in [-0.4, -0.2) is 56.4 Å². The number of benzene rings is 1. The molecule has 2 aliphatic heterocycles. The molecule has 2 aliphatic rings. The minimum Gasteiger partial charge on any atom is -0.376 e. The molecule has 22 heavy (non-hydrogen) atoms. The van der Waals surface area contributed by atoms with Crippen molar-refractivity contribution in [2.24, 2.45) is 0 Å². The van der Waals surface area contributed by atoms with Crippen molar-refractivity contribution < 1.29 is 13.9 Å². The molecule has 6 heteroatoms. The Morgan fingerprint density at radius 3 is 2.59 bits per heavy atom. The minimum absolute atomic E-state index is 0.0192. The van der Waals surface area contributed by atoms with Gasteiger partial charge >= 0.3 is 6.03 Å². The minimum atomic E-state index is -0.226. The van der Waals surface area contributed by atoms with Crippen LogP contribution >= 0.6 is 0 Å². The van der Waals surface area contributed by atoms with Crippen LogP contribution in [0.5, 0.6) is 0 Å². The standard InChI is InChI=1S/C16H22FN3O2/c17-13-3-5-14(6-4-13)19-7-9-20(10-8-19)16(21)18-12-15-2-1-11-22-15/h3-6,15H,1-2,7-12H2,(H,18,21). The van der Waals surface area contributed by atoms with Crippen LogP contribution in [0, 0.1) is 5.82 Å². The van der Waals surface area contributed by atoms with Crippen molar-refractivity contribution in [2.75, 3.05) is 44.2 Å². The van der Waals surface area contributed by atoms with Gasteiger partial charge in [0, 0.05) is 45.0 Å². The predicted molar refractivity (Wildman–Crippen MR) is 82.6 cm³/mol. The summed E-state index contributed by atoms with van der Waals surface area (Å²) in [6, 6.07) is 6.48. The molecular formula is C16H22FN3O2. The van der Waals surface area contributed by atoms with E-state index in [4.69, 9.17) is 4.74 Å². The molecule has 0 spiro atoms. The lowest BCUT2D eigenvalue weighted by Gasteiger charge is -2.36. The van der Waals surface area contributed by atoms with Gasteiger partial charge in [-0.25, -0.2) is 9.18 Å². The van der Waals surface area contributed by atoms with Crippen LogP contribution in [0.15, 0.2) is 24.3 Å². The van der Waals surface area contributed by atoms with Crippen LogP contribution in [0.2, 0.25) is 0 Å². The lowest BCUT2D eigenvalue weighted by atomic mass is 10.2. The molecule has 1 atom stereocenters. The van der Waals surface area contributed by atoms with E-state index in [9.17, 15) is 9.18 Å². The van der Waals surface area contributed by atoms with E-state index in [1.165, 1.54) is 12.1 Å². The van der Waals surface area contributed by atoms with Gasteiger partial charge in [-0.2, -0.15) is 0 Å². The Balaban J connectivity index is 1.44. The first-order valence-corrected chi connectivity index (χ1v) is 7.87. The SMILES string of the molecule is O=C(NCC1CCCO1)N1CCN(c2ccc(F)cc2)CC1. The molecule has 2 saturated heterocycles. The number of urea groups is 1. The van der Waals surface area contributed by atoms with Gasteiger partial charge in [-0.15, -0.1) is 0 Å². The fourth-order valence-corrected chi connectivity index (χ4v) is 2.94. The zero-order valence-corrected chi connectivity index (χ0v) is 12.6. The second kappa shape index (κ2) is 6.96. The molecule has 0 saturated carbocycles. The van der Waals surface area contributed by atoms with Crippen LogP contribution in [0.25, 0.3) is 0 Å². The summed E-state index contributed by atoms with van der Waals surface area (Å²) in [7, 11) is 0. The average molecular weight is 307 g/mol. The number of rotatable bonds is 3. The van der Waals surface area contributed by atoms with Gasteiger partial charge < -0.3 is 19.9 Å². The number of anilines is 1. The van der Waals surface area contributed by atoms with Crippen molar-refractivity contribution >= 4 is 11.7 Å². The van der Waals surface area contributed by atoms with E-state index >= 15 is 0 Å². The van der Waals surface area contributed by atoms with Crippen molar-refractivity contribution in [3.8, 4) is 0 Å². The van der Waals surface area contributed by atoms with Crippen LogP contribution in [-0.2, 0) is 4.74 Å². The molecule has 1 N–H and O–H groups in total. The highest BCUT2D eigenvalue weighted by Gasteiger charge is 2.22. The molecule has 5 nitrogen and oxygen atoms in total. The van der Waals surface area contributed by atoms with Crippen molar-refractivity contribution in [2.45, 2.75) is 18.9 Å². The Labute approximate surface area is 130 Å². The first-order valence-electron chi connectivity index (χ1n) is 7.87. The number of amides is 2. The number of ether oxygens (including phenoxy) is 1. The summed E-state index contributed by atoms with van der Waals surface area (Å²) in [6.07, 6.45) is 2.28. The zero-order chi connectivity index (χ0) is 15.4. The highest BCUT2D eigenvalue weighted by molar-refractivity contribution is 5.74. The largest absolute Gasteiger partial charge is 0.376 e. The highest BCUT2D eigenvalue weighted by atomic mass is 19.1. The summed E-state index contributed by atoms with van der Waals surface area (Å²) in [5.41, 5.74) is 1.00. The third-order valence-electron chi connectivity index (χ3n) is 4.26. The lowest BCUT2D eigenvalue weighted by Crippen LogP contribution is -2.52. The second-order valence-electron chi connectivity index (χ2n) is 5.77. The number of halogens is 1. The van der Waals surface area contributed by atoms with E-state index in [1.54, 1.807) is 12.1 Å². The maximum Gasteiger partial charge on any atom is 0.317 e. The van der Waals surface area contributed by atoms with Crippen LogP contribution in [0.3, 0.4) is 0 Å². The van der Waals surface area contributed by atoms with Gasteiger partial charge in [0.05, 0.1) is 6.10 Å². The molecule has 2 fully saturated rings. The zero-order valence-electron chi connectivity index (χ0n) is 12.6. The molecule has 0 aliphatic carbocycles. The first kappa shape index (κ1) is 15.1. The topological polar surface area (TPSA) is 44.8 Å². The summed E-state index contributed by atoms with van der Waals surface area (Å²) < 4.78 is 18.4. The summed E-state index contributed by atoms with van der Waals surface area (Å²) in [4.78, 5) is 16.1. The molecular weight excluding hydrogens is 285 g/mol. The Kier molecular flexibility index (Phi) is 4.77. The Morgan fingerprint density at radius 1 is 1.23 bits per heavy atom. The van der Waals surface area contributed by atoms with Gasteiger partial charge in [0.25, 0.3) is 0 Å². The third kappa shape index (κ3) is 3.68. The lowest BCUT2D eigenvalue weighted by molar-refractivity contribution is 0.108. The normalized spacial score (nSPS) is 22.0. The molecule has 3 rings (SSSR count). The Bertz CT molecular complexity index is 495. The van der Waals surface area contributed by atoms with Gasteiger partial charge in [0.2, 0.25) is 0 Å². The number of piperazine rings is 1. The average Bonchev–Trinajstić information content (AvgIpc) is 3.07. The fraction of sp³-hybridized carbons (Fsp3) is 0.562. The van der Waals surface area contributed by atoms with E-state index in [0.717, 1.165) is 38.2 Å². The van der Waals surface area contributed by atoms with Crippen molar-refractivity contribution in [3.63, 3.8) is 0 Å². The molecule has 2 heterocycles. The number of hydrogen-bond donors (Lipinski definition) is 1. The summed E-state index contributed by atoms with van der Waals surface area (Å²) in [5.74, 6) is -0.226. The summed E-state index contributed by atoms with van der Waals surface area (Å²) in [6.45, 7) is 4.27. The number of carbonyl (C=O) groups is 1. The van der Waals surface area contributed by atoms with Crippen molar-refractivity contribution in [1.29, 1.82) is 0 Å². The molecule has 0 radical (unpaired) electrons.